The van der Waals surface area contributed by atoms with Gasteiger partial charge in [-0.25, -0.2) is 0 Å². The number of aliphatic hydroxyl groups excluding tert-OH is 1. The van der Waals surface area contributed by atoms with Crippen molar-refractivity contribution in [2.75, 3.05) is 13.1 Å². The lowest BCUT2D eigenvalue weighted by atomic mass is 10.0. The lowest BCUT2D eigenvalue weighted by molar-refractivity contribution is -0.141. The molecule has 0 saturated heterocycles. The first-order valence-corrected chi connectivity index (χ1v) is 9.33. The van der Waals surface area contributed by atoms with E-state index in [-0.39, 0.29) is 11.7 Å². The number of Topliss-reactive ketones (excluding diaryl/α,β-unsaturated/α-hetero) is 1. The van der Waals surface area contributed by atoms with Crippen LogP contribution in [0.1, 0.15) is 33.6 Å². The van der Waals surface area contributed by atoms with E-state index in [9.17, 15) is 24.0 Å². The van der Waals surface area contributed by atoms with Gasteiger partial charge in [0, 0.05) is 12.2 Å². The SMILES string of the molecule is CC(=O)[C@@H](CCCNC(N)O)NC(=O)[C@H](NC(=O)CN1C(=O)C=CC1=O)C(C)C. The Labute approximate surface area is 169 Å². The maximum absolute atomic E-state index is 12.6. The molecule has 1 rings (SSSR count). The molecule has 0 saturated carbocycles. The predicted molar refractivity (Wildman–Crippen MR) is 103 cm³/mol. The van der Waals surface area contributed by atoms with Gasteiger partial charge < -0.3 is 15.7 Å². The van der Waals surface area contributed by atoms with E-state index in [2.05, 4.69) is 16.0 Å². The highest BCUT2D eigenvalue weighted by molar-refractivity contribution is 6.14. The third kappa shape index (κ3) is 8.10. The van der Waals surface area contributed by atoms with E-state index in [1.165, 1.54) is 6.92 Å². The average molecular weight is 411 g/mol. The van der Waals surface area contributed by atoms with E-state index in [1.807, 2.05) is 0 Å². The first kappa shape index (κ1) is 24.4. The van der Waals surface area contributed by atoms with Crippen LogP contribution in [0.25, 0.3) is 0 Å². The molecule has 29 heavy (non-hydrogen) atoms. The minimum Gasteiger partial charge on any atom is -0.366 e. The molecule has 0 fully saturated rings. The van der Waals surface area contributed by atoms with Gasteiger partial charge in [-0.05, 0) is 32.2 Å². The minimum atomic E-state index is -1.16. The van der Waals surface area contributed by atoms with Crippen molar-refractivity contribution < 1.29 is 29.1 Å². The summed E-state index contributed by atoms with van der Waals surface area (Å²) < 4.78 is 0. The Kier molecular flexibility index (Phi) is 9.59. The van der Waals surface area contributed by atoms with E-state index < -0.39 is 48.6 Å². The molecule has 0 spiro atoms. The fourth-order valence-electron chi connectivity index (χ4n) is 2.68. The highest BCUT2D eigenvalue weighted by Gasteiger charge is 2.30. The molecule has 1 aliphatic rings. The Morgan fingerprint density at radius 1 is 1.14 bits per heavy atom. The summed E-state index contributed by atoms with van der Waals surface area (Å²) in [5.74, 6) is -2.95. The number of nitrogens with two attached hydrogens (primary N) is 1. The molecular formula is C18H29N5O6. The quantitative estimate of drug-likeness (QED) is 0.136. The molecule has 0 radical (unpaired) electrons. The van der Waals surface area contributed by atoms with E-state index in [4.69, 9.17) is 10.8 Å². The Hall–Kier alpha value is -2.63. The van der Waals surface area contributed by atoms with Gasteiger partial charge >= 0.3 is 0 Å². The van der Waals surface area contributed by atoms with Gasteiger partial charge in [-0.1, -0.05) is 13.8 Å². The molecule has 0 aromatic rings. The summed E-state index contributed by atoms with van der Waals surface area (Å²) in [4.78, 5) is 60.6. The van der Waals surface area contributed by atoms with Crippen LogP contribution in [0.5, 0.6) is 0 Å². The Balaban J connectivity index is 2.64. The third-order valence-electron chi connectivity index (χ3n) is 4.30. The molecule has 4 amide bonds. The molecule has 6 N–H and O–H groups in total. The lowest BCUT2D eigenvalue weighted by Crippen LogP contribution is -2.55. The van der Waals surface area contributed by atoms with Crippen LogP contribution in [0.2, 0.25) is 0 Å². The van der Waals surface area contributed by atoms with Crippen molar-refractivity contribution in [3.05, 3.63) is 12.2 Å². The van der Waals surface area contributed by atoms with Crippen molar-refractivity contribution in [3.8, 4) is 0 Å². The molecule has 1 heterocycles. The number of rotatable bonds is 12. The molecule has 0 aliphatic carbocycles. The second kappa shape index (κ2) is 11.4. The first-order valence-electron chi connectivity index (χ1n) is 9.33. The molecule has 0 aromatic heterocycles. The average Bonchev–Trinajstić information content (AvgIpc) is 2.93. The number of nitrogens with zero attached hydrogens (tertiary/aromatic N) is 1. The maximum atomic E-state index is 12.6. The lowest BCUT2D eigenvalue weighted by Gasteiger charge is -2.25. The van der Waals surface area contributed by atoms with Gasteiger partial charge in [-0.2, -0.15) is 0 Å². The van der Waals surface area contributed by atoms with Crippen LogP contribution in [0, 0.1) is 5.92 Å². The summed E-state index contributed by atoms with van der Waals surface area (Å²) >= 11 is 0. The van der Waals surface area contributed by atoms with Gasteiger partial charge in [0.1, 0.15) is 12.6 Å². The fraction of sp³-hybridized carbons (Fsp3) is 0.611. The van der Waals surface area contributed by atoms with Crippen molar-refractivity contribution in [2.24, 2.45) is 11.7 Å². The minimum absolute atomic E-state index is 0.250. The molecule has 162 valence electrons. The van der Waals surface area contributed by atoms with Gasteiger partial charge in [0.05, 0.1) is 6.04 Å². The third-order valence-corrected chi connectivity index (χ3v) is 4.30. The number of hydrogen-bond donors (Lipinski definition) is 5. The second-order valence-corrected chi connectivity index (χ2v) is 7.10. The summed E-state index contributed by atoms with van der Waals surface area (Å²) in [6, 6.07) is -1.71. The summed E-state index contributed by atoms with van der Waals surface area (Å²) in [6.45, 7) is 4.63. The van der Waals surface area contributed by atoms with E-state index >= 15 is 0 Å². The molecule has 3 atom stereocenters. The van der Waals surface area contributed by atoms with E-state index in [1.54, 1.807) is 13.8 Å². The van der Waals surface area contributed by atoms with Crippen LogP contribution >= 0.6 is 0 Å². The van der Waals surface area contributed by atoms with E-state index in [0.29, 0.717) is 19.4 Å². The predicted octanol–water partition coefficient (Wildman–Crippen LogP) is -2.27. The molecule has 11 heteroatoms. The number of nitrogens with one attached hydrogen (secondary N) is 3. The molecule has 0 bridgehead atoms. The number of imide groups is 1. The van der Waals surface area contributed by atoms with E-state index in [0.717, 1.165) is 17.1 Å². The van der Waals surface area contributed by atoms with Crippen LogP contribution in [0.3, 0.4) is 0 Å². The Bertz CT molecular complexity index is 658. The maximum Gasteiger partial charge on any atom is 0.254 e. The number of ketones is 1. The van der Waals surface area contributed by atoms with Crippen LogP contribution in [-0.4, -0.2) is 70.9 Å². The van der Waals surface area contributed by atoms with Crippen LogP contribution in [0.15, 0.2) is 12.2 Å². The standard InChI is InChI=1S/C18H29N5O6/c1-10(2)16(22-13(25)9-23-14(26)6-7-15(23)27)17(28)21-12(11(3)24)5-4-8-20-18(19)29/h6-7,10,12,16,18,20,29H,4-5,8-9,19H2,1-3H3,(H,21,28)(H,22,25)/t12-,16-,18?/m1/s1. The highest BCUT2D eigenvalue weighted by atomic mass is 16.3. The van der Waals surface area contributed by atoms with Crippen molar-refractivity contribution in [1.82, 2.24) is 20.9 Å². The smallest absolute Gasteiger partial charge is 0.254 e. The van der Waals surface area contributed by atoms with Gasteiger partial charge in [-0.15, -0.1) is 0 Å². The van der Waals surface area contributed by atoms with Crippen molar-refractivity contribution in [1.29, 1.82) is 0 Å². The zero-order valence-corrected chi connectivity index (χ0v) is 16.8. The molecular weight excluding hydrogens is 382 g/mol. The number of carbonyl (C=O) groups is 5. The number of aliphatic hydroxyl groups is 1. The second-order valence-electron chi connectivity index (χ2n) is 7.10. The first-order chi connectivity index (χ1) is 13.5. The summed E-state index contributed by atoms with van der Waals surface area (Å²) in [5.41, 5.74) is 5.16. The van der Waals surface area contributed by atoms with Crippen molar-refractivity contribution >= 4 is 29.4 Å². The normalized spacial score (nSPS) is 16.7. The molecule has 0 aromatic carbocycles. The topological polar surface area (TPSA) is 171 Å². The molecule has 11 nitrogen and oxygen atoms in total. The highest BCUT2D eigenvalue weighted by Crippen LogP contribution is 2.07. The molecule has 1 unspecified atom stereocenters. The summed E-state index contributed by atoms with van der Waals surface area (Å²) in [6.07, 6.45) is 1.77. The van der Waals surface area contributed by atoms with Gasteiger partial charge in [0.15, 0.2) is 12.1 Å². The summed E-state index contributed by atoms with van der Waals surface area (Å²) in [5, 5.41) is 16.7. The van der Waals surface area contributed by atoms with Crippen LogP contribution in [0.4, 0.5) is 0 Å². The van der Waals surface area contributed by atoms with Crippen LogP contribution in [-0.2, 0) is 24.0 Å². The Morgan fingerprint density at radius 3 is 2.21 bits per heavy atom. The number of amides is 4. The number of carbonyl (C=O) groups excluding carboxylic acids is 5. The van der Waals surface area contributed by atoms with Crippen molar-refractivity contribution in [3.63, 3.8) is 0 Å². The van der Waals surface area contributed by atoms with Crippen LogP contribution < -0.4 is 21.7 Å². The largest absolute Gasteiger partial charge is 0.366 e. The van der Waals surface area contributed by atoms with Gasteiger partial charge in [0.2, 0.25) is 11.8 Å². The number of hydrogen-bond acceptors (Lipinski definition) is 8. The molecule has 1 aliphatic heterocycles. The monoisotopic (exact) mass is 411 g/mol. The van der Waals surface area contributed by atoms with Gasteiger partial charge in [-0.3, -0.25) is 39.9 Å². The zero-order chi connectivity index (χ0) is 22.1. The summed E-state index contributed by atoms with van der Waals surface area (Å²) in [7, 11) is 0. The van der Waals surface area contributed by atoms with Crippen molar-refractivity contribution in [2.45, 2.75) is 52.0 Å². The fourth-order valence-corrected chi connectivity index (χ4v) is 2.68. The zero-order valence-electron chi connectivity index (χ0n) is 16.8. The Morgan fingerprint density at radius 2 is 1.72 bits per heavy atom. The van der Waals surface area contributed by atoms with Gasteiger partial charge in [0.25, 0.3) is 11.8 Å².